The summed E-state index contributed by atoms with van der Waals surface area (Å²) in [6.45, 7) is 6.56. The summed E-state index contributed by atoms with van der Waals surface area (Å²) in [7, 11) is 1.73. The van der Waals surface area contributed by atoms with Gasteiger partial charge in [0.15, 0.2) is 11.3 Å². The maximum absolute atomic E-state index is 14.3. The first-order chi connectivity index (χ1) is 29.1. The number of alkyl halides is 2. The lowest BCUT2D eigenvalue weighted by Gasteiger charge is -2.38. The van der Waals surface area contributed by atoms with Crippen LogP contribution in [0.25, 0.3) is 16.7 Å². The van der Waals surface area contributed by atoms with Crippen molar-refractivity contribution in [3.8, 4) is 0 Å². The molecular formula is C41H48F2N12O5. The van der Waals surface area contributed by atoms with Crippen molar-refractivity contribution >= 4 is 45.9 Å². The number of carbonyl (C=O) groups excluding carboxylic acids is 3. The molecule has 2 unspecified atom stereocenters. The second-order valence-electron chi connectivity index (χ2n) is 17.0. The van der Waals surface area contributed by atoms with Gasteiger partial charge in [0, 0.05) is 71.7 Å². The predicted octanol–water partition coefficient (Wildman–Crippen LogP) is 3.27. The molecule has 5 aromatic rings. The van der Waals surface area contributed by atoms with E-state index in [9.17, 15) is 28.0 Å². The van der Waals surface area contributed by atoms with Crippen LogP contribution in [0.1, 0.15) is 85.1 Å². The van der Waals surface area contributed by atoms with Gasteiger partial charge >= 0.3 is 5.69 Å². The van der Waals surface area contributed by atoms with E-state index in [1.807, 2.05) is 24.3 Å². The fourth-order valence-electron chi connectivity index (χ4n) is 10.1. The largest absolute Gasteiger partial charge is 0.374 e. The summed E-state index contributed by atoms with van der Waals surface area (Å²) < 4.78 is 40.6. The van der Waals surface area contributed by atoms with Crippen LogP contribution in [0.2, 0.25) is 0 Å². The lowest BCUT2D eigenvalue weighted by molar-refractivity contribution is -0.135. The molecule has 19 heteroatoms. The molecule has 4 aliphatic heterocycles. The fourth-order valence-corrected chi connectivity index (χ4v) is 10.1. The smallest absolute Gasteiger partial charge is 0.329 e. The standard InChI is InChI=1S/C41H48F2N12O5/c1-49-36-25(3-2-4-31(36)55(41(49)59)32-9-10-34(56)47-40(32)58)20-51-15-13-50(14-16-51)19-24-5-7-26(8-6-24)54-22-30(35(48-54)37(42)43)45-39(57)29-18-44-53-12-11-33(46-38(29)53)52-21-28-17-27(52)23-60-28/h2-4,11-12,18,22,24,26-28,32,37H,5-10,13-17,19-21,23H2,1H3,(H,45,57)(H,47,56,58)/t24-,26-,27-,28?,32?/m1/s1. The van der Waals surface area contributed by atoms with Crippen LogP contribution in [0.4, 0.5) is 20.3 Å². The number of piperazine rings is 1. The Balaban J connectivity index is 0.738. The molecule has 8 heterocycles. The van der Waals surface area contributed by atoms with Crippen molar-refractivity contribution in [2.24, 2.45) is 13.0 Å². The normalized spacial score (nSPS) is 25.3. The molecule has 0 radical (unpaired) electrons. The van der Waals surface area contributed by atoms with Crippen molar-refractivity contribution < 1.29 is 27.9 Å². The van der Waals surface area contributed by atoms with Crippen molar-refractivity contribution in [1.82, 2.24) is 48.6 Å². The Morgan fingerprint density at radius 3 is 2.55 bits per heavy atom. The molecule has 3 atom stereocenters. The highest BCUT2D eigenvalue weighted by atomic mass is 19.3. The lowest BCUT2D eigenvalue weighted by atomic mass is 9.85. The molecular weight excluding hydrogens is 779 g/mol. The Labute approximate surface area is 343 Å². The molecule has 5 fully saturated rings. The maximum atomic E-state index is 14.3. The van der Waals surface area contributed by atoms with Gasteiger partial charge in [-0.05, 0) is 62.1 Å². The molecule has 4 aromatic heterocycles. The molecule has 2 N–H and O–H groups in total. The molecule has 5 aliphatic rings. The number of morpholine rings is 1. The number of rotatable bonds is 10. The summed E-state index contributed by atoms with van der Waals surface area (Å²) in [6.07, 6.45) is 6.93. The highest BCUT2D eigenvalue weighted by Gasteiger charge is 2.40. The SMILES string of the molecule is Cn1c(=O)n(C2CCC(=O)NC2=O)c2cccc(CN3CCN(C[C@H]4CC[C@H](n5cc(NC(=O)c6cnn7ccc(N8CC9C[C@@H]8CO9)nc67)c(C(F)F)n5)CC4)CC3)c21. The molecule has 1 aromatic carbocycles. The number of anilines is 2. The predicted molar refractivity (Wildman–Crippen MR) is 215 cm³/mol. The van der Waals surface area contributed by atoms with E-state index in [2.05, 4.69) is 35.5 Å². The Kier molecular flexibility index (Phi) is 9.98. The number of aromatic nitrogens is 7. The molecule has 3 amide bonds. The van der Waals surface area contributed by atoms with E-state index in [0.29, 0.717) is 36.7 Å². The number of benzene rings is 1. The van der Waals surface area contributed by atoms with Crippen LogP contribution in [0.15, 0.2) is 47.7 Å². The van der Waals surface area contributed by atoms with Crippen LogP contribution in [-0.2, 0) is 27.9 Å². The van der Waals surface area contributed by atoms with Gasteiger partial charge in [0.2, 0.25) is 11.8 Å². The summed E-state index contributed by atoms with van der Waals surface area (Å²) in [5, 5.41) is 13.6. The number of imide groups is 1. The fraction of sp³-hybridized carbons (Fsp3) is 0.537. The number of piperidine rings is 1. The first-order valence-electron chi connectivity index (χ1n) is 21.0. The Bertz CT molecular complexity index is 2530. The minimum atomic E-state index is -2.86. The van der Waals surface area contributed by atoms with Gasteiger partial charge in [-0.2, -0.15) is 10.2 Å². The Morgan fingerprint density at radius 1 is 1.02 bits per heavy atom. The number of hydrogen-bond acceptors (Lipinski definition) is 11. The first kappa shape index (κ1) is 38.7. The number of amides is 3. The number of para-hydroxylation sites is 1. The van der Waals surface area contributed by atoms with Crippen LogP contribution in [-0.4, -0.2) is 119 Å². The van der Waals surface area contributed by atoms with Gasteiger partial charge in [0.1, 0.15) is 17.4 Å². The first-order valence-corrected chi connectivity index (χ1v) is 21.0. The third-order valence-electron chi connectivity index (χ3n) is 13.3. The molecule has 60 heavy (non-hydrogen) atoms. The molecule has 1 aliphatic carbocycles. The van der Waals surface area contributed by atoms with Crippen molar-refractivity contribution in [3.05, 3.63) is 70.2 Å². The number of halogens is 2. The molecule has 0 spiro atoms. The van der Waals surface area contributed by atoms with Crippen LogP contribution in [0, 0.1) is 5.92 Å². The average Bonchev–Trinajstić information content (AvgIpc) is 4.09. The van der Waals surface area contributed by atoms with Crippen molar-refractivity contribution in [2.45, 2.75) is 82.1 Å². The molecule has 1 saturated carbocycles. The minimum Gasteiger partial charge on any atom is -0.374 e. The van der Waals surface area contributed by atoms with E-state index in [0.717, 1.165) is 88.3 Å². The van der Waals surface area contributed by atoms with Crippen molar-refractivity contribution in [3.63, 3.8) is 0 Å². The van der Waals surface area contributed by atoms with Gasteiger partial charge in [-0.3, -0.25) is 38.4 Å². The summed E-state index contributed by atoms with van der Waals surface area (Å²) in [5.41, 5.74) is 2.33. The highest BCUT2D eigenvalue weighted by molar-refractivity contribution is 6.08. The second-order valence-corrected chi connectivity index (χ2v) is 17.0. The van der Waals surface area contributed by atoms with E-state index in [1.54, 1.807) is 22.5 Å². The van der Waals surface area contributed by atoms with Crippen LogP contribution in [0.5, 0.6) is 0 Å². The number of hydrogen-bond donors (Lipinski definition) is 2. The van der Waals surface area contributed by atoms with Crippen molar-refractivity contribution in [2.75, 3.05) is 56.1 Å². The average molecular weight is 827 g/mol. The second kappa shape index (κ2) is 15.5. The zero-order valence-corrected chi connectivity index (χ0v) is 33.4. The number of ether oxygens (including phenoxy) is 1. The zero-order valence-electron chi connectivity index (χ0n) is 33.4. The van der Waals surface area contributed by atoms with Gasteiger partial charge in [-0.15, -0.1) is 0 Å². The van der Waals surface area contributed by atoms with E-state index < -0.39 is 30.0 Å². The summed E-state index contributed by atoms with van der Waals surface area (Å²) in [6, 6.07) is 7.15. The summed E-state index contributed by atoms with van der Waals surface area (Å²) in [5.74, 6) is -0.125. The zero-order chi connectivity index (χ0) is 41.2. The molecule has 10 rings (SSSR count). The topological polar surface area (TPSA) is 169 Å². The van der Waals surface area contributed by atoms with Gasteiger partial charge in [0.05, 0.1) is 47.7 Å². The quantitative estimate of drug-likeness (QED) is 0.198. The number of nitrogens with zero attached hydrogens (tertiary/aromatic N) is 10. The van der Waals surface area contributed by atoms with E-state index in [-0.39, 0.29) is 47.5 Å². The highest BCUT2D eigenvalue weighted by Crippen LogP contribution is 2.36. The van der Waals surface area contributed by atoms with Gasteiger partial charge in [-0.1, -0.05) is 12.1 Å². The number of nitrogens with one attached hydrogen (secondary N) is 2. The Hall–Kier alpha value is -5.53. The monoisotopic (exact) mass is 826 g/mol. The van der Waals surface area contributed by atoms with E-state index >= 15 is 0 Å². The van der Waals surface area contributed by atoms with Crippen LogP contribution in [0.3, 0.4) is 0 Å². The van der Waals surface area contributed by atoms with E-state index in [1.165, 1.54) is 21.5 Å². The maximum Gasteiger partial charge on any atom is 0.329 e. The third kappa shape index (κ3) is 7.04. The van der Waals surface area contributed by atoms with Gasteiger partial charge in [0.25, 0.3) is 12.3 Å². The molecule has 4 saturated heterocycles. The Morgan fingerprint density at radius 2 is 1.82 bits per heavy atom. The van der Waals surface area contributed by atoms with Gasteiger partial charge in [-0.25, -0.2) is 23.1 Å². The minimum absolute atomic E-state index is 0.00940. The van der Waals surface area contributed by atoms with E-state index in [4.69, 9.17) is 9.72 Å². The number of fused-ring (bicyclic) bond motifs is 4. The van der Waals surface area contributed by atoms with Crippen LogP contribution < -0.4 is 21.2 Å². The summed E-state index contributed by atoms with van der Waals surface area (Å²) >= 11 is 0. The molecule has 316 valence electrons. The summed E-state index contributed by atoms with van der Waals surface area (Å²) in [4.78, 5) is 63.2. The van der Waals surface area contributed by atoms with Crippen LogP contribution >= 0.6 is 0 Å². The van der Waals surface area contributed by atoms with Gasteiger partial charge < -0.3 is 19.9 Å². The third-order valence-corrected chi connectivity index (χ3v) is 13.3. The lowest BCUT2D eigenvalue weighted by Crippen LogP contribution is -2.47. The number of aryl methyl sites for hydroxylation is 1. The molecule has 2 bridgehead atoms. The van der Waals surface area contributed by atoms with Crippen molar-refractivity contribution in [1.29, 1.82) is 0 Å². The number of imidazole rings is 1. The number of carbonyl (C=O) groups is 3. The molecule has 17 nitrogen and oxygen atoms in total.